The highest BCUT2D eigenvalue weighted by Crippen LogP contribution is 2.05. The van der Waals surface area contributed by atoms with Gasteiger partial charge in [0.05, 0.1) is 11.7 Å². The van der Waals surface area contributed by atoms with Gasteiger partial charge in [0.25, 0.3) is 0 Å². The third-order valence-electron chi connectivity index (χ3n) is 1.63. The van der Waals surface area contributed by atoms with Crippen LogP contribution in [0.4, 0.5) is 0 Å². The minimum Gasteiger partial charge on any atom is -0.459 e. The number of carbonyl (C=O) groups excluding carboxylic acids is 2. The van der Waals surface area contributed by atoms with Crippen LogP contribution < -0.4 is 0 Å². The van der Waals surface area contributed by atoms with Crippen molar-refractivity contribution in [1.82, 2.24) is 0 Å². The Labute approximate surface area is 82.7 Å². The molecular weight excluding hydrogens is 180 g/mol. The fourth-order valence-electron chi connectivity index (χ4n) is 0.980. The third-order valence-corrected chi connectivity index (χ3v) is 1.63. The van der Waals surface area contributed by atoms with E-state index in [4.69, 9.17) is 4.74 Å². The van der Waals surface area contributed by atoms with E-state index in [1.165, 1.54) is 0 Å². The molecule has 0 radical (unpaired) electrons. The molecule has 0 bridgehead atoms. The van der Waals surface area contributed by atoms with Crippen LogP contribution in [0.15, 0.2) is 24.3 Å². The summed E-state index contributed by atoms with van der Waals surface area (Å²) in [5.41, 5.74) is 1.01. The Kier molecular flexibility index (Phi) is 3.40. The minimum absolute atomic E-state index is 0.131. The summed E-state index contributed by atoms with van der Waals surface area (Å²) >= 11 is 0. The molecular formula is C11H12O3. The summed E-state index contributed by atoms with van der Waals surface area (Å²) < 4.78 is 4.98. The van der Waals surface area contributed by atoms with Gasteiger partial charge in [-0.15, -0.1) is 0 Å². The van der Waals surface area contributed by atoms with Gasteiger partial charge in [0.1, 0.15) is 6.29 Å². The first kappa shape index (κ1) is 10.4. The molecule has 14 heavy (non-hydrogen) atoms. The van der Waals surface area contributed by atoms with Gasteiger partial charge in [-0.05, 0) is 26.0 Å². The molecule has 0 unspecified atom stereocenters. The van der Waals surface area contributed by atoms with Crippen molar-refractivity contribution in [2.24, 2.45) is 0 Å². The first-order valence-corrected chi connectivity index (χ1v) is 4.39. The predicted octanol–water partition coefficient (Wildman–Crippen LogP) is 2.06. The number of hydrogen-bond acceptors (Lipinski definition) is 3. The van der Waals surface area contributed by atoms with Crippen molar-refractivity contribution in [2.45, 2.75) is 20.0 Å². The van der Waals surface area contributed by atoms with Gasteiger partial charge in [0, 0.05) is 5.56 Å². The second kappa shape index (κ2) is 4.56. The van der Waals surface area contributed by atoms with E-state index in [1.807, 2.05) is 0 Å². The highest BCUT2D eigenvalue weighted by molar-refractivity contribution is 5.90. The van der Waals surface area contributed by atoms with Gasteiger partial charge in [-0.25, -0.2) is 4.79 Å². The van der Waals surface area contributed by atoms with Crippen molar-refractivity contribution in [3.63, 3.8) is 0 Å². The average molecular weight is 192 g/mol. The van der Waals surface area contributed by atoms with E-state index < -0.39 is 0 Å². The fraction of sp³-hybridized carbons (Fsp3) is 0.273. The monoisotopic (exact) mass is 192 g/mol. The zero-order valence-electron chi connectivity index (χ0n) is 8.19. The zero-order chi connectivity index (χ0) is 10.6. The first-order chi connectivity index (χ1) is 6.63. The van der Waals surface area contributed by atoms with Gasteiger partial charge < -0.3 is 4.74 Å². The Hall–Kier alpha value is -1.64. The summed E-state index contributed by atoms with van der Waals surface area (Å²) in [7, 11) is 0. The molecule has 0 aliphatic carbocycles. The average Bonchev–Trinajstić information content (AvgIpc) is 2.17. The summed E-state index contributed by atoms with van der Waals surface area (Å²) in [4.78, 5) is 21.7. The molecule has 0 amide bonds. The van der Waals surface area contributed by atoms with Crippen LogP contribution >= 0.6 is 0 Å². The van der Waals surface area contributed by atoms with Gasteiger partial charge in [0.2, 0.25) is 0 Å². The largest absolute Gasteiger partial charge is 0.459 e. The van der Waals surface area contributed by atoms with Gasteiger partial charge in [-0.2, -0.15) is 0 Å². The molecule has 0 saturated carbocycles. The topological polar surface area (TPSA) is 43.4 Å². The molecule has 1 aromatic rings. The van der Waals surface area contributed by atoms with E-state index in [0.717, 1.165) is 6.29 Å². The molecule has 0 atom stereocenters. The smallest absolute Gasteiger partial charge is 0.338 e. The maximum absolute atomic E-state index is 11.3. The van der Waals surface area contributed by atoms with Crippen molar-refractivity contribution in [3.05, 3.63) is 35.4 Å². The number of hydrogen-bond donors (Lipinski definition) is 0. The van der Waals surface area contributed by atoms with Gasteiger partial charge in [-0.3, -0.25) is 4.79 Å². The Balaban J connectivity index is 2.76. The molecule has 0 aliphatic heterocycles. The lowest BCUT2D eigenvalue weighted by Gasteiger charge is -2.07. The van der Waals surface area contributed by atoms with Crippen LogP contribution in [0, 0.1) is 0 Å². The molecule has 3 nitrogen and oxygen atoms in total. The summed E-state index contributed by atoms with van der Waals surface area (Å²) in [6, 6.07) is 6.33. The Morgan fingerprint density at radius 3 is 2.29 bits per heavy atom. The first-order valence-electron chi connectivity index (χ1n) is 4.39. The van der Waals surface area contributed by atoms with Gasteiger partial charge in [-0.1, -0.05) is 12.1 Å². The summed E-state index contributed by atoms with van der Waals surface area (Å²) in [6.45, 7) is 3.58. The molecule has 74 valence electrons. The summed E-state index contributed by atoms with van der Waals surface area (Å²) in [5.74, 6) is -0.363. The van der Waals surface area contributed by atoms with Crippen LogP contribution in [-0.4, -0.2) is 18.4 Å². The van der Waals surface area contributed by atoms with Gasteiger partial charge in [0.15, 0.2) is 0 Å². The lowest BCUT2D eigenvalue weighted by Crippen LogP contribution is -2.11. The van der Waals surface area contributed by atoms with Crippen molar-refractivity contribution >= 4 is 12.3 Å². The number of rotatable bonds is 3. The van der Waals surface area contributed by atoms with Crippen molar-refractivity contribution < 1.29 is 14.3 Å². The SMILES string of the molecule is CC(C)OC(=O)c1ccc(C=O)cc1. The lowest BCUT2D eigenvalue weighted by atomic mass is 10.1. The Morgan fingerprint density at radius 2 is 1.86 bits per heavy atom. The number of aldehydes is 1. The van der Waals surface area contributed by atoms with Crippen molar-refractivity contribution in [3.8, 4) is 0 Å². The van der Waals surface area contributed by atoms with Crippen LogP contribution in [0.5, 0.6) is 0 Å². The van der Waals surface area contributed by atoms with Crippen LogP contribution in [0.3, 0.4) is 0 Å². The third kappa shape index (κ3) is 2.69. The maximum atomic E-state index is 11.3. The number of ether oxygens (including phenoxy) is 1. The normalized spacial score (nSPS) is 9.93. The minimum atomic E-state index is -0.363. The number of esters is 1. The maximum Gasteiger partial charge on any atom is 0.338 e. The lowest BCUT2D eigenvalue weighted by molar-refractivity contribution is 0.0377. The highest BCUT2D eigenvalue weighted by atomic mass is 16.5. The second-order valence-corrected chi connectivity index (χ2v) is 3.19. The molecule has 0 spiro atoms. The second-order valence-electron chi connectivity index (χ2n) is 3.19. The molecule has 1 aromatic carbocycles. The van der Waals surface area contributed by atoms with E-state index in [2.05, 4.69) is 0 Å². The Morgan fingerprint density at radius 1 is 1.29 bits per heavy atom. The van der Waals surface area contributed by atoms with E-state index in [-0.39, 0.29) is 12.1 Å². The molecule has 0 N–H and O–H groups in total. The van der Waals surface area contributed by atoms with E-state index >= 15 is 0 Å². The van der Waals surface area contributed by atoms with E-state index in [1.54, 1.807) is 38.1 Å². The molecule has 1 rings (SSSR count). The molecule has 0 saturated heterocycles. The Bertz CT molecular complexity index is 325. The quantitative estimate of drug-likeness (QED) is 0.544. The van der Waals surface area contributed by atoms with Crippen LogP contribution in [-0.2, 0) is 4.74 Å². The molecule has 3 heteroatoms. The fourth-order valence-corrected chi connectivity index (χ4v) is 0.980. The van der Waals surface area contributed by atoms with Crippen molar-refractivity contribution in [1.29, 1.82) is 0 Å². The van der Waals surface area contributed by atoms with Gasteiger partial charge >= 0.3 is 5.97 Å². The molecule has 0 aliphatic rings. The zero-order valence-corrected chi connectivity index (χ0v) is 8.19. The number of benzene rings is 1. The number of carbonyl (C=O) groups is 2. The van der Waals surface area contributed by atoms with Crippen LogP contribution in [0.25, 0.3) is 0 Å². The molecule has 0 heterocycles. The van der Waals surface area contributed by atoms with Crippen LogP contribution in [0.2, 0.25) is 0 Å². The predicted molar refractivity (Wildman–Crippen MR) is 52.4 cm³/mol. The summed E-state index contributed by atoms with van der Waals surface area (Å²) in [5, 5.41) is 0. The van der Waals surface area contributed by atoms with Crippen LogP contribution in [0.1, 0.15) is 34.6 Å². The molecule has 0 fully saturated rings. The standard InChI is InChI=1S/C11H12O3/c1-8(2)14-11(13)10-5-3-9(7-12)4-6-10/h3-8H,1-2H3. The summed E-state index contributed by atoms with van der Waals surface area (Å²) in [6.07, 6.45) is 0.602. The van der Waals surface area contributed by atoms with Crippen molar-refractivity contribution in [2.75, 3.05) is 0 Å². The van der Waals surface area contributed by atoms with E-state index in [0.29, 0.717) is 11.1 Å². The highest BCUT2D eigenvalue weighted by Gasteiger charge is 2.08. The van der Waals surface area contributed by atoms with E-state index in [9.17, 15) is 9.59 Å². The molecule has 0 aromatic heterocycles.